The summed E-state index contributed by atoms with van der Waals surface area (Å²) in [6.45, 7) is 1.17. The largest absolute Gasteiger partial charge is 0.313 e. The molecule has 1 fully saturated rings. The Morgan fingerprint density at radius 2 is 2.44 bits per heavy atom. The summed E-state index contributed by atoms with van der Waals surface area (Å²) in [5, 5.41) is 5.50. The molecule has 1 aromatic rings. The van der Waals surface area contributed by atoms with Gasteiger partial charge in [0.05, 0.1) is 0 Å². The van der Waals surface area contributed by atoms with Gasteiger partial charge in [0.1, 0.15) is 5.03 Å². The van der Waals surface area contributed by atoms with E-state index in [1.165, 1.54) is 25.8 Å². The van der Waals surface area contributed by atoms with Crippen LogP contribution in [0.4, 0.5) is 0 Å². The number of thioether (sulfide) groups is 2. The Hall–Kier alpha value is -0.260. The lowest BCUT2D eigenvalue weighted by atomic mass is 10.1. The van der Waals surface area contributed by atoms with Crippen molar-refractivity contribution in [1.29, 1.82) is 0 Å². The van der Waals surface area contributed by atoms with E-state index in [1.54, 1.807) is 11.8 Å². The second-order valence-corrected chi connectivity index (χ2v) is 5.65. The molecule has 0 radical (unpaired) electrons. The van der Waals surface area contributed by atoms with Gasteiger partial charge in [-0.15, -0.1) is 11.8 Å². The number of hydrogen-bond donors (Lipinski definition) is 1. The third kappa shape index (κ3) is 3.64. The average molecular weight is 255 g/mol. The molecule has 2 heterocycles. The zero-order chi connectivity index (χ0) is 11.2. The number of nitrogens with zero attached hydrogens (tertiary/aromatic N) is 2. The molecule has 0 aromatic carbocycles. The molecule has 5 heteroatoms. The Morgan fingerprint density at radius 1 is 1.50 bits per heavy atom. The van der Waals surface area contributed by atoms with Crippen molar-refractivity contribution < 1.29 is 0 Å². The van der Waals surface area contributed by atoms with Gasteiger partial charge in [-0.3, -0.25) is 0 Å². The normalized spacial score (nSPS) is 20.9. The number of piperidine rings is 1. The maximum absolute atomic E-state index is 4.46. The van der Waals surface area contributed by atoms with Crippen LogP contribution in [-0.4, -0.2) is 34.6 Å². The molecule has 1 saturated heterocycles. The lowest BCUT2D eigenvalue weighted by molar-refractivity contribution is 0.430. The number of aromatic nitrogens is 2. The summed E-state index contributed by atoms with van der Waals surface area (Å²) in [5.74, 6) is 1.12. The van der Waals surface area contributed by atoms with Crippen molar-refractivity contribution in [3.05, 3.63) is 12.3 Å². The molecule has 0 amide bonds. The quantitative estimate of drug-likeness (QED) is 0.508. The topological polar surface area (TPSA) is 37.8 Å². The smallest absolute Gasteiger partial charge is 0.188 e. The van der Waals surface area contributed by atoms with Crippen molar-refractivity contribution in [2.45, 2.75) is 35.5 Å². The molecule has 1 N–H and O–H groups in total. The maximum atomic E-state index is 4.46. The summed E-state index contributed by atoms with van der Waals surface area (Å²) >= 11 is 3.42. The first-order valence-corrected chi connectivity index (χ1v) is 7.83. The maximum Gasteiger partial charge on any atom is 0.188 e. The second-order valence-electron chi connectivity index (χ2n) is 3.84. The van der Waals surface area contributed by atoms with E-state index in [0.29, 0.717) is 6.04 Å². The minimum atomic E-state index is 0.659. The molecule has 1 aromatic heterocycles. The van der Waals surface area contributed by atoms with Crippen LogP contribution in [0.25, 0.3) is 0 Å². The third-order valence-corrected chi connectivity index (χ3v) is 4.29. The van der Waals surface area contributed by atoms with Crippen LogP contribution in [0, 0.1) is 0 Å². The summed E-state index contributed by atoms with van der Waals surface area (Å²) in [7, 11) is 0. The van der Waals surface area contributed by atoms with Gasteiger partial charge in [0.2, 0.25) is 0 Å². The SMILES string of the molecule is CSc1nccc(SC[C@H]2CCCCN2)n1. The van der Waals surface area contributed by atoms with Crippen LogP contribution in [0.3, 0.4) is 0 Å². The lowest BCUT2D eigenvalue weighted by Gasteiger charge is -2.22. The fourth-order valence-corrected chi connectivity index (χ4v) is 3.13. The highest BCUT2D eigenvalue weighted by Crippen LogP contribution is 2.20. The minimum absolute atomic E-state index is 0.659. The van der Waals surface area contributed by atoms with Gasteiger partial charge in [0, 0.05) is 18.0 Å². The highest BCUT2D eigenvalue weighted by Gasteiger charge is 2.12. The highest BCUT2D eigenvalue weighted by atomic mass is 32.2. The number of hydrogen-bond acceptors (Lipinski definition) is 5. The zero-order valence-corrected chi connectivity index (χ0v) is 11.1. The van der Waals surface area contributed by atoms with Gasteiger partial charge in [-0.1, -0.05) is 18.2 Å². The second kappa shape index (κ2) is 6.47. The van der Waals surface area contributed by atoms with E-state index in [9.17, 15) is 0 Å². The van der Waals surface area contributed by atoms with Crippen LogP contribution >= 0.6 is 23.5 Å². The summed E-state index contributed by atoms with van der Waals surface area (Å²) < 4.78 is 0. The van der Waals surface area contributed by atoms with Crippen molar-refractivity contribution >= 4 is 23.5 Å². The highest BCUT2D eigenvalue weighted by molar-refractivity contribution is 7.99. The van der Waals surface area contributed by atoms with Crippen molar-refractivity contribution in [1.82, 2.24) is 15.3 Å². The molecule has 88 valence electrons. The van der Waals surface area contributed by atoms with E-state index in [-0.39, 0.29) is 0 Å². The lowest BCUT2D eigenvalue weighted by Crippen LogP contribution is -2.35. The molecule has 2 rings (SSSR count). The van der Waals surface area contributed by atoms with Crippen molar-refractivity contribution in [3.63, 3.8) is 0 Å². The van der Waals surface area contributed by atoms with E-state index in [1.807, 2.05) is 30.3 Å². The first kappa shape index (κ1) is 12.2. The molecular weight excluding hydrogens is 238 g/mol. The first-order chi connectivity index (χ1) is 7.88. The van der Waals surface area contributed by atoms with Crippen molar-refractivity contribution in [2.24, 2.45) is 0 Å². The molecule has 0 aliphatic carbocycles. The van der Waals surface area contributed by atoms with Gasteiger partial charge in [0.25, 0.3) is 0 Å². The zero-order valence-electron chi connectivity index (χ0n) is 9.48. The first-order valence-electron chi connectivity index (χ1n) is 5.61. The average Bonchev–Trinajstić information content (AvgIpc) is 2.38. The molecule has 0 spiro atoms. The Bertz CT molecular complexity index is 327. The molecule has 0 saturated carbocycles. The molecule has 0 bridgehead atoms. The van der Waals surface area contributed by atoms with Gasteiger partial charge in [-0.2, -0.15) is 0 Å². The molecule has 0 unspecified atom stereocenters. The summed E-state index contributed by atoms with van der Waals surface area (Å²) in [6.07, 6.45) is 7.83. The van der Waals surface area contributed by atoms with E-state index < -0.39 is 0 Å². The van der Waals surface area contributed by atoms with Gasteiger partial charge < -0.3 is 5.32 Å². The molecule has 1 aliphatic rings. The van der Waals surface area contributed by atoms with Crippen LogP contribution in [0.15, 0.2) is 22.4 Å². The van der Waals surface area contributed by atoms with Crippen LogP contribution in [0.5, 0.6) is 0 Å². The van der Waals surface area contributed by atoms with Crippen LogP contribution in [0.2, 0.25) is 0 Å². The monoisotopic (exact) mass is 255 g/mol. The number of rotatable bonds is 4. The third-order valence-electron chi connectivity index (χ3n) is 2.64. The summed E-state index contributed by atoms with van der Waals surface area (Å²) in [6, 6.07) is 2.65. The predicted molar refractivity (Wildman–Crippen MR) is 70.2 cm³/mol. The molecule has 16 heavy (non-hydrogen) atoms. The Morgan fingerprint density at radius 3 is 3.19 bits per heavy atom. The van der Waals surface area contributed by atoms with E-state index in [4.69, 9.17) is 0 Å². The standard InChI is InChI=1S/C11H17N3S2/c1-15-11-13-7-5-10(14-11)16-8-9-4-2-3-6-12-9/h5,7,9,12H,2-4,6,8H2,1H3/t9-/m1/s1. The van der Waals surface area contributed by atoms with Crippen molar-refractivity contribution in [3.8, 4) is 0 Å². The van der Waals surface area contributed by atoms with Crippen LogP contribution in [0.1, 0.15) is 19.3 Å². The Kier molecular flexibility index (Phi) is 4.93. The molecule has 1 aliphatic heterocycles. The fraction of sp³-hybridized carbons (Fsp3) is 0.636. The number of nitrogens with one attached hydrogen (secondary N) is 1. The predicted octanol–water partition coefficient (Wildman–Crippen LogP) is 2.43. The van der Waals surface area contributed by atoms with Crippen LogP contribution < -0.4 is 5.32 Å². The van der Waals surface area contributed by atoms with Gasteiger partial charge in [0.15, 0.2) is 5.16 Å². The van der Waals surface area contributed by atoms with Gasteiger partial charge in [-0.25, -0.2) is 9.97 Å². The molecular formula is C11H17N3S2. The van der Waals surface area contributed by atoms with Crippen molar-refractivity contribution in [2.75, 3.05) is 18.6 Å². The molecule has 1 atom stereocenters. The van der Waals surface area contributed by atoms with Gasteiger partial charge >= 0.3 is 0 Å². The minimum Gasteiger partial charge on any atom is -0.313 e. The molecule has 3 nitrogen and oxygen atoms in total. The van der Waals surface area contributed by atoms with Gasteiger partial charge in [-0.05, 0) is 31.7 Å². The van der Waals surface area contributed by atoms with E-state index in [0.717, 1.165) is 15.9 Å². The summed E-state index contributed by atoms with van der Waals surface area (Å²) in [5.41, 5.74) is 0. The van der Waals surface area contributed by atoms with E-state index in [2.05, 4.69) is 15.3 Å². The Labute approximate surface area is 105 Å². The fourth-order valence-electron chi connectivity index (χ4n) is 1.76. The summed E-state index contributed by atoms with van der Waals surface area (Å²) in [4.78, 5) is 8.64. The van der Waals surface area contributed by atoms with E-state index >= 15 is 0 Å². The van der Waals surface area contributed by atoms with Crippen LogP contribution in [-0.2, 0) is 0 Å². The Balaban J connectivity index is 1.83.